The largest absolute Gasteiger partial charge is 0.327 e. The van der Waals surface area contributed by atoms with Crippen LogP contribution in [0.2, 0.25) is 0 Å². The van der Waals surface area contributed by atoms with E-state index in [-0.39, 0.29) is 12.5 Å². The fourth-order valence-corrected chi connectivity index (χ4v) is 2.06. The molecule has 16 heavy (non-hydrogen) atoms. The van der Waals surface area contributed by atoms with Gasteiger partial charge in [-0.1, -0.05) is 26.0 Å². The lowest BCUT2D eigenvalue weighted by atomic mass is 9.81. The molecule has 90 valence electrons. The van der Waals surface area contributed by atoms with Crippen molar-refractivity contribution in [1.82, 2.24) is 0 Å². The van der Waals surface area contributed by atoms with Crippen molar-refractivity contribution in [1.29, 1.82) is 0 Å². The number of halogens is 1. The maximum absolute atomic E-state index is 14.8. The summed E-state index contributed by atoms with van der Waals surface area (Å²) in [5.74, 6) is -0.113. The van der Waals surface area contributed by atoms with Crippen LogP contribution >= 0.6 is 0 Å². The number of benzene rings is 1. The lowest BCUT2D eigenvalue weighted by Crippen LogP contribution is -2.36. The zero-order valence-corrected chi connectivity index (χ0v) is 10.9. The molecule has 0 radical (unpaired) electrons. The van der Waals surface area contributed by atoms with Crippen molar-refractivity contribution < 1.29 is 4.39 Å². The minimum atomic E-state index is -1.41. The predicted octanol–water partition coefficient (Wildman–Crippen LogP) is 3.39. The average molecular weight is 223 g/mol. The van der Waals surface area contributed by atoms with E-state index in [4.69, 9.17) is 5.73 Å². The lowest BCUT2D eigenvalue weighted by molar-refractivity contribution is 0.108. The lowest BCUT2D eigenvalue weighted by Gasteiger charge is -2.30. The molecular formula is C14H22FN. The molecule has 1 atom stereocenters. The molecule has 0 aliphatic rings. The molecule has 0 heterocycles. The van der Waals surface area contributed by atoms with E-state index in [1.54, 1.807) is 0 Å². The van der Waals surface area contributed by atoms with Crippen molar-refractivity contribution in [2.75, 3.05) is 6.54 Å². The molecule has 0 fully saturated rings. The van der Waals surface area contributed by atoms with Crippen LogP contribution in [-0.2, 0) is 5.67 Å². The number of alkyl halides is 1. The Bertz CT molecular complexity index is 385. The number of aryl methyl sites for hydroxylation is 3. The second-order valence-electron chi connectivity index (χ2n) is 4.97. The van der Waals surface area contributed by atoms with Gasteiger partial charge in [0.1, 0.15) is 0 Å². The second kappa shape index (κ2) is 4.54. The van der Waals surface area contributed by atoms with Gasteiger partial charge >= 0.3 is 0 Å². The Kier molecular flexibility index (Phi) is 3.74. The minimum absolute atomic E-state index is 0.0357. The summed E-state index contributed by atoms with van der Waals surface area (Å²) < 4.78 is 14.8. The maximum Gasteiger partial charge on any atom is 0.150 e. The molecule has 0 saturated heterocycles. The molecule has 0 saturated carbocycles. The van der Waals surface area contributed by atoms with Gasteiger partial charge in [0, 0.05) is 6.54 Å². The highest BCUT2D eigenvalue weighted by atomic mass is 19.1. The van der Waals surface area contributed by atoms with Gasteiger partial charge in [-0.05, 0) is 48.9 Å². The van der Waals surface area contributed by atoms with E-state index in [0.717, 1.165) is 16.7 Å². The van der Waals surface area contributed by atoms with Gasteiger partial charge in [0.25, 0.3) is 0 Å². The Labute approximate surface area is 97.9 Å². The van der Waals surface area contributed by atoms with E-state index in [2.05, 4.69) is 0 Å². The van der Waals surface area contributed by atoms with Crippen LogP contribution in [0.3, 0.4) is 0 Å². The molecule has 1 unspecified atom stereocenters. The molecule has 1 rings (SSSR count). The Balaban J connectivity index is 3.36. The first-order chi connectivity index (χ1) is 7.32. The van der Waals surface area contributed by atoms with Gasteiger partial charge in [-0.3, -0.25) is 0 Å². The molecule has 2 N–H and O–H groups in total. The highest BCUT2D eigenvalue weighted by Crippen LogP contribution is 2.36. The summed E-state index contributed by atoms with van der Waals surface area (Å²) in [4.78, 5) is 0. The van der Waals surface area contributed by atoms with Gasteiger partial charge in [0.15, 0.2) is 5.67 Å². The summed E-state index contributed by atoms with van der Waals surface area (Å²) in [6.07, 6.45) is 0. The number of hydrogen-bond donors (Lipinski definition) is 1. The summed E-state index contributed by atoms with van der Waals surface area (Å²) >= 11 is 0. The van der Waals surface area contributed by atoms with Crippen molar-refractivity contribution in [3.8, 4) is 0 Å². The van der Waals surface area contributed by atoms with Gasteiger partial charge in [-0.15, -0.1) is 0 Å². The zero-order chi connectivity index (χ0) is 12.5. The normalized spacial score (nSPS) is 15.2. The predicted molar refractivity (Wildman–Crippen MR) is 67.3 cm³/mol. The van der Waals surface area contributed by atoms with Crippen LogP contribution in [0.1, 0.15) is 36.1 Å². The highest BCUT2D eigenvalue weighted by molar-refractivity contribution is 5.40. The van der Waals surface area contributed by atoms with Crippen molar-refractivity contribution in [3.63, 3.8) is 0 Å². The molecule has 1 aromatic carbocycles. The fraction of sp³-hybridized carbons (Fsp3) is 0.571. The van der Waals surface area contributed by atoms with Gasteiger partial charge in [0.05, 0.1) is 0 Å². The topological polar surface area (TPSA) is 26.0 Å². The molecule has 1 nitrogen and oxygen atoms in total. The highest BCUT2D eigenvalue weighted by Gasteiger charge is 2.35. The van der Waals surface area contributed by atoms with E-state index in [1.807, 2.05) is 46.8 Å². The first kappa shape index (κ1) is 13.2. The Morgan fingerprint density at radius 1 is 1.12 bits per heavy atom. The van der Waals surface area contributed by atoms with E-state index in [9.17, 15) is 4.39 Å². The van der Waals surface area contributed by atoms with E-state index in [0.29, 0.717) is 0 Å². The third kappa shape index (κ3) is 2.12. The second-order valence-corrected chi connectivity index (χ2v) is 4.97. The Morgan fingerprint density at radius 2 is 1.62 bits per heavy atom. The summed E-state index contributed by atoms with van der Waals surface area (Å²) in [6, 6.07) is 3.98. The first-order valence-corrected chi connectivity index (χ1v) is 5.80. The van der Waals surface area contributed by atoms with Gasteiger partial charge in [-0.2, -0.15) is 0 Å². The molecular weight excluding hydrogens is 201 g/mol. The quantitative estimate of drug-likeness (QED) is 0.835. The van der Waals surface area contributed by atoms with Crippen LogP contribution in [0.5, 0.6) is 0 Å². The van der Waals surface area contributed by atoms with Gasteiger partial charge in [-0.25, -0.2) is 4.39 Å². The summed E-state index contributed by atoms with van der Waals surface area (Å²) in [7, 11) is 0. The van der Waals surface area contributed by atoms with Crippen LogP contribution in [0, 0.1) is 26.7 Å². The molecule has 0 aliphatic heterocycles. The van der Waals surface area contributed by atoms with Gasteiger partial charge < -0.3 is 5.73 Å². The fourth-order valence-electron chi connectivity index (χ4n) is 2.06. The molecule has 0 aromatic heterocycles. The molecule has 0 amide bonds. The molecule has 0 bridgehead atoms. The third-order valence-corrected chi connectivity index (χ3v) is 3.50. The molecule has 1 aromatic rings. The van der Waals surface area contributed by atoms with Crippen LogP contribution in [0.15, 0.2) is 12.1 Å². The van der Waals surface area contributed by atoms with E-state index >= 15 is 0 Å². The van der Waals surface area contributed by atoms with E-state index < -0.39 is 5.67 Å². The van der Waals surface area contributed by atoms with Crippen molar-refractivity contribution in [2.24, 2.45) is 11.7 Å². The van der Waals surface area contributed by atoms with Crippen LogP contribution in [0.4, 0.5) is 4.39 Å². The SMILES string of the molecule is Cc1cc(C)c(C(F)(CN)C(C)C)cc1C. The van der Waals surface area contributed by atoms with Crippen LogP contribution in [0.25, 0.3) is 0 Å². The minimum Gasteiger partial charge on any atom is -0.327 e. The Hall–Kier alpha value is -0.890. The first-order valence-electron chi connectivity index (χ1n) is 5.80. The third-order valence-electron chi connectivity index (χ3n) is 3.50. The number of hydrogen-bond acceptors (Lipinski definition) is 1. The van der Waals surface area contributed by atoms with Crippen LogP contribution in [-0.4, -0.2) is 6.54 Å². The molecule has 2 heteroatoms. The van der Waals surface area contributed by atoms with Crippen molar-refractivity contribution in [2.45, 2.75) is 40.3 Å². The standard InChI is InChI=1S/C14H22FN/c1-9(2)14(15,8-16)13-7-11(4)10(3)6-12(13)5/h6-7,9H,8,16H2,1-5H3. The molecule has 0 spiro atoms. The summed E-state index contributed by atoms with van der Waals surface area (Å²) in [5.41, 5.74) is 8.26. The zero-order valence-electron chi connectivity index (χ0n) is 10.9. The number of rotatable bonds is 3. The monoisotopic (exact) mass is 223 g/mol. The molecule has 0 aliphatic carbocycles. The summed E-state index contributed by atoms with van der Waals surface area (Å²) in [6.45, 7) is 9.80. The maximum atomic E-state index is 14.8. The van der Waals surface area contributed by atoms with Crippen molar-refractivity contribution >= 4 is 0 Å². The Morgan fingerprint density at radius 3 is 2.06 bits per heavy atom. The smallest absolute Gasteiger partial charge is 0.150 e. The summed E-state index contributed by atoms with van der Waals surface area (Å²) in [5, 5.41) is 0. The number of nitrogens with two attached hydrogens (primary N) is 1. The van der Waals surface area contributed by atoms with Gasteiger partial charge in [0.2, 0.25) is 0 Å². The van der Waals surface area contributed by atoms with Crippen molar-refractivity contribution in [3.05, 3.63) is 34.4 Å². The van der Waals surface area contributed by atoms with Crippen LogP contribution < -0.4 is 5.73 Å². The average Bonchev–Trinajstić information content (AvgIpc) is 2.22. The van der Waals surface area contributed by atoms with E-state index in [1.165, 1.54) is 5.56 Å².